The molecule has 1 amide bonds. The zero-order valence-corrected chi connectivity index (χ0v) is 14.5. The lowest BCUT2D eigenvalue weighted by atomic mass is 10.0. The lowest BCUT2D eigenvalue weighted by Crippen LogP contribution is -2.56. The summed E-state index contributed by atoms with van der Waals surface area (Å²) in [4.78, 5) is 16.5. The first kappa shape index (κ1) is 18.5. The molecule has 0 unspecified atom stereocenters. The van der Waals surface area contributed by atoms with E-state index in [2.05, 4.69) is 34.5 Å². The minimum Gasteiger partial charge on any atom is -0.368 e. The van der Waals surface area contributed by atoms with E-state index in [4.69, 9.17) is 0 Å². The number of benzene rings is 1. The Kier molecular flexibility index (Phi) is 8.60. The van der Waals surface area contributed by atoms with Gasteiger partial charge in [0.05, 0.1) is 5.92 Å². The van der Waals surface area contributed by atoms with Gasteiger partial charge in [-0.1, -0.05) is 45.9 Å². The number of carbonyl (C=O) groups excluding carboxylic acids is 1. The van der Waals surface area contributed by atoms with Gasteiger partial charge in [-0.25, -0.2) is 0 Å². The van der Waals surface area contributed by atoms with Gasteiger partial charge in [-0.2, -0.15) is 0 Å². The van der Waals surface area contributed by atoms with Gasteiger partial charge in [0.25, 0.3) is 0 Å². The van der Waals surface area contributed by atoms with Crippen molar-refractivity contribution in [2.24, 2.45) is 5.92 Å². The molecule has 4 heteroatoms. The molecule has 1 N–H and O–H groups in total. The third kappa shape index (κ3) is 4.73. The SMILES string of the molecule is CC.CC.O=C(C1CNC1)N1CCN(c2ccccc2)CC1. The van der Waals surface area contributed by atoms with Crippen LogP contribution in [0, 0.1) is 5.92 Å². The van der Waals surface area contributed by atoms with Crippen molar-refractivity contribution in [2.75, 3.05) is 44.2 Å². The van der Waals surface area contributed by atoms with Crippen LogP contribution in [0.15, 0.2) is 30.3 Å². The van der Waals surface area contributed by atoms with Gasteiger partial charge in [-0.15, -0.1) is 0 Å². The molecule has 124 valence electrons. The molecule has 0 bridgehead atoms. The molecular weight excluding hydrogens is 274 g/mol. The number of piperazine rings is 1. The monoisotopic (exact) mass is 305 g/mol. The van der Waals surface area contributed by atoms with Crippen molar-refractivity contribution in [2.45, 2.75) is 27.7 Å². The predicted octanol–water partition coefficient (Wildman–Crippen LogP) is 2.61. The van der Waals surface area contributed by atoms with Gasteiger partial charge in [-0.05, 0) is 12.1 Å². The molecule has 0 spiro atoms. The van der Waals surface area contributed by atoms with Crippen LogP contribution < -0.4 is 10.2 Å². The normalized spacial score (nSPS) is 17.5. The van der Waals surface area contributed by atoms with Crippen molar-refractivity contribution in [1.29, 1.82) is 0 Å². The number of para-hydroxylation sites is 1. The maximum absolute atomic E-state index is 12.1. The largest absolute Gasteiger partial charge is 0.368 e. The molecule has 0 radical (unpaired) electrons. The second-order valence-electron chi connectivity index (χ2n) is 5.00. The first-order chi connectivity index (χ1) is 10.8. The van der Waals surface area contributed by atoms with E-state index in [1.807, 2.05) is 38.7 Å². The molecule has 3 rings (SSSR count). The van der Waals surface area contributed by atoms with Crippen LogP contribution in [0.1, 0.15) is 27.7 Å². The third-order valence-corrected chi connectivity index (χ3v) is 3.84. The molecule has 0 aliphatic carbocycles. The van der Waals surface area contributed by atoms with E-state index in [1.54, 1.807) is 0 Å². The van der Waals surface area contributed by atoms with Crippen molar-refractivity contribution in [1.82, 2.24) is 10.2 Å². The number of hydrogen-bond donors (Lipinski definition) is 1. The zero-order chi connectivity index (χ0) is 16.4. The fraction of sp³-hybridized carbons (Fsp3) is 0.611. The molecule has 2 saturated heterocycles. The maximum Gasteiger partial charge on any atom is 0.228 e. The van der Waals surface area contributed by atoms with Gasteiger partial charge in [0.1, 0.15) is 0 Å². The highest BCUT2D eigenvalue weighted by Crippen LogP contribution is 2.17. The number of nitrogens with one attached hydrogen (secondary N) is 1. The van der Waals surface area contributed by atoms with Crippen molar-refractivity contribution in [3.8, 4) is 0 Å². The van der Waals surface area contributed by atoms with E-state index in [9.17, 15) is 4.79 Å². The Labute approximate surface area is 135 Å². The topological polar surface area (TPSA) is 35.6 Å². The van der Waals surface area contributed by atoms with Crippen LogP contribution in [0.2, 0.25) is 0 Å². The van der Waals surface area contributed by atoms with Crippen LogP contribution >= 0.6 is 0 Å². The summed E-state index contributed by atoms with van der Waals surface area (Å²) in [5, 5.41) is 3.16. The minimum atomic E-state index is 0.230. The van der Waals surface area contributed by atoms with E-state index in [-0.39, 0.29) is 5.92 Å². The number of anilines is 1. The molecule has 2 aliphatic heterocycles. The smallest absolute Gasteiger partial charge is 0.228 e. The molecule has 2 heterocycles. The zero-order valence-electron chi connectivity index (χ0n) is 14.5. The quantitative estimate of drug-likeness (QED) is 0.912. The molecule has 2 aliphatic rings. The highest BCUT2D eigenvalue weighted by molar-refractivity contribution is 5.80. The number of nitrogens with zero attached hydrogens (tertiary/aromatic N) is 2. The third-order valence-electron chi connectivity index (χ3n) is 3.84. The van der Waals surface area contributed by atoms with Gasteiger partial charge in [0.2, 0.25) is 5.91 Å². The summed E-state index contributed by atoms with van der Waals surface area (Å²) in [6.07, 6.45) is 0. The molecule has 2 fully saturated rings. The lowest BCUT2D eigenvalue weighted by Gasteiger charge is -2.39. The van der Waals surface area contributed by atoms with Gasteiger partial charge >= 0.3 is 0 Å². The Bertz CT molecular complexity index is 410. The standard InChI is InChI=1S/C14H19N3O.2C2H6/c18-14(12-10-15-11-12)17-8-6-16(7-9-17)13-4-2-1-3-5-13;2*1-2/h1-5,12,15H,6-11H2;2*1-2H3. The van der Waals surface area contributed by atoms with E-state index in [0.29, 0.717) is 5.91 Å². The Morgan fingerprint density at radius 3 is 1.95 bits per heavy atom. The Morgan fingerprint density at radius 2 is 1.50 bits per heavy atom. The number of carbonyl (C=O) groups is 1. The van der Waals surface area contributed by atoms with Crippen molar-refractivity contribution >= 4 is 11.6 Å². The van der Waals surface area contributed by atoms with Crippen molar-refractivity contribution < 1.29 is 4.79 Å². The molecular formula is C18H31N3O. The van der Waals surface area contributed by atoms with E-state index in [0.717, 1.165) is 39.3 Å². The Hall–Kier alpha value is -1.55. The average molecular weight is 305 g/mol. The fourth-order valence-corrected chi connectivity index (χ4v) is 2.55. The second-order valence-corrected chi connectivity index (χ2v) is 5.00. The fourth-order valence-electron chi connectivity index (χ4n) is 2.55. The molecule has 1 aromatic carbocycles. The summed E-state index contributed by atoms with van der Waals surface area (Å²) in [7, 11) is 0. The lowest BCUT2D eigenvalue weighted by molar-refractivity contribution is -0.137. The van der Waals surface area contributed by atoms with Gasteiger partial charge in [0, 0.05) is 45.0 Å². The minimum absolute atomic E-state index is 0.230. The summed E-state index contributed by atoms with van der Waals surface area (Å²) in [6.45, 7) is 13.3. The Balaban J connectivity index is 0.000000561. The van der Waals surface area contributed by atoms with Gasteiger partial charge in [-0.3, -0.25) is 4.79 Å². The summed E-state index contributed by atoms with van der Waals surface area (Å²) in [5.74, 6) is 0.565. The molecule has 4 nitrogen and oxygen atoms in total. The summed E-state index contributed by atoms with van der Waals surface area (Å²) >= 11 is 0. The van der Waals surface area contributed by atoms with Crippen LogP contribution in [0.25, 0.3) is 0 Å². The summed E-state index contributed by atoms with van der Waals surface area (Å²) in [5.41, 5.74) is 1.26. The number of hydrogen-bond acceptors (Lipinski definition) is 3. The maximum atomic E-state index is 12.1. The highest BCUT2D eigenvalue weighted by atomic mass is 16.2. The van der Waals surface area contributed by atoms with Crippen LogP contribution in [0.3, 0.4) is 0 Å². The predicted molar refractivity (Wildman–Crippen MR) is 94.3 cm³/mol. The summed E-state index contributed by atoms with van der Waals surface area (Å²) < 4.78 is 0. The molecule has 1 aromatic rings. The molecule has 0 aromatic heterocycles. The average Bonchev–Trinajstić information content (AvgIpc) is 2.58. The van der Waals surface area contributed by atoms with Crippen molar-refractivity contribution in [3.63, 3.8) is 0 Å². The van der Waals surface area contributed by atoms with Crippen LogP contribution in [-0.4, -0.2) is 50.1 Å². The van der Waals surface area contributed by atoms with Crippen molar-refractivity contribution in [3.05, 3.63) is 30.3 Å². The van der Waals surface area contributed by atoms with E-state index >= 15 is 0 Å². The van der Waals surface area contributed by atoms with Crippen LogP contribution in [-0.2, 0) is 4.79 Å². The number of rotatable bonds is 2. The van der Waals surface area contributed by atoms with Gasteiger partial charge < -0.3 is 15.1 Å². The molecule has 22 heavy (non-hydrogen) atoms. The molecule has 0 atom stereocenters. The summed E-state index contributed by atoms with van der Waals surface area (Å²) in [6, 6.07) is 10.4. The van der Waals surface area contributed by atoms with E-state index in [1.165, 1.54) is 5.69 Å². The van der Waals surface area contributed by atoms with E-state index < -0.39 is 0 Å². The Morgan fingerprint density at radius 1 is 0.955 bits per heavy atom. The highest BCUT2D eigenvalue weighted by Gasteiger charge is 2.30. The first-order valence-corrected chi connectivity index (χ1v) is 8.64. The van der Waals surface area contributed by atoms with Crippen LogP contribution in [0.4, 0.5) is 5.69 Å². The first-order valence-electron chi connectivity index (χ1n) is 8.64. The van der Waals surface area contributed by atoms with Gasteiger partial charge in [0.15, 0.2) is 0 Å². The number of amides is 1. The second kappa shape index (κ2) is 10.2. The molecule has 0 saturated carbocycles. The van der Waals surface area contributed by atoms with Crippen LogP contribution in [0.5, 0.6) is 0 Å².